The Hall–Kier alpha value is -1.57. The quantitative estimate of drug-likeness (QED) is 0.872. The van der Waals surface area contributed by atoms with Crippen molar-refractivity contribution in [1.82, 2.24) is 9.62 Å². The highest BCUT2D eigenvalue weighted by molar-refractivity contribution is 7.90. The molecule has 0 bridgehead atoms. The summed E-state index contributed by atoms with van der Waals surface area (Å²) >= 11 is 0. The van der Waals surface area contributed by atoms with Gasteiger partial charge in [-0.15, -0.1) is 0 Å². The second-order valence-electron chi connectivity index (χ2n) is 5.81. The van der Waals surface area contributed by atoms with Gasteiger partial charge in [-0.05, 0) is 30.7 Å². The molecule has 2 heterocycles. The van der Waals surface area contributed by atoms with Crippen molar-refractivity contribution in [3.63, 3.8) is 0 Å². The number of hydrogen-bond acceptors (Lipinski definition) is 5. The molecule has 1 unspecified atom stereocenters. The molecule has 1 aliphatic heterocycles. The summed E-state index contributed by atoms with van der Waals surface area (Å²) in [5, 5.41) is 0.655. The van der Waals surface area contributed by atoms with Crippen molar-refractivity contribution in [2.45, 2.75) is 25.1 Å². The van der Waals surface area contributed by atoms with Crippen LogP contribution in [0.25, 0.3) is 11.0 Å². The van der Waals surface area contributed by atoms with Crippen molar-refractivity contribution in [1.29, 1.82) is 0 Å². The second kappa shape index (κ2) is 6.51. The smallest absolute Gasteiger partial charge is 0.215 e. The number of sulfonamides is 1. The number of nitrogens with zero attached hydrogens (tertiary/aromatic N) is 1. The summed E-state index contributed by atoms with van der Waals surface area (Å²) in [6, 6.07) is 7.68. The molecule has 0 amide bonds. The number of ether oxygens (including phenoxy) is 1. The summed E-state index contributed by atoms with van der Waals surface area (Å²) in [5.74, 6) is 1.64. The monoisotopic (exact) mass is 338 g/mol. The molecular formula is C16H22N2O4S. The lowest BCUT2D eigenvalue weighted by Crippen LogP contribution is -2.36. The summed E-state index contributed by atoms with van der Waals surface area (Å²) in [6.45, 7) is 4.15. The molecule has 1 saturated heterocycles. The van der Waals surface area contributed by atoms with E-state index in [9.17, 15) is 8.42 Å². The molecule has 6 nitrogen and oxygen atoms in total. The van der Waals surface area contributed by atoms with Gasteiger partial charge in [0.25, 0.3) is 0 Å². The molecule has 126 valence electrons. The average Bonchev–Trinajstić information content (AvgIpc) is 3.13. The molecule has 3 rings (SSSR count). The van der Waals surface area contributed by atoms with Gasteiger partial charge in [0.05, 0.1) is 18.9 Å². The van der Waals surface area contributed by atoms with Crippen LogP contribution in [-0.4, -0.2) is 45.3 Å². The predicted molar refractivity (Wildman–Crippen MR) is 89.0 cm³/mol. The first-order chi connectivity index (χ1) is 11.0. The molecule has 1 N–H and O–H groups in total. The van der Waals surface area contributed by atoms with Crippen LogP contribution in [0.3, 0.4) is 0 Å². The summed E-state index contributed by atoms with van der Waals surface area (Å²) in [6.07, 6.45) is 0.656. The molecule has 2 aromatic rings. The van der Waals surface area contributed by atoms with Crippen LogP contribution in [0.4, 0.5) is 0 Å². The molecule has 0 saturated carbocycles. The van der Waals surface area contributed by atoms with Gasteiger partial charge in [0.2, 0.25) is 10.0 Å². The maximum atomic E-state index is 12.1. The molecule has 0 aliphatic carbocycles. The van der Waals surface area contributed by atoms with Gasteiger partial charge in [-0.3, -0.25) is 4.90 Å². The summed E-state index contributed by atoms with van der Waals surface area (Å²) < 4.78 is 37.8. The van der Waals surface area contributed by atoms with E-state index in [-0.39, 0.29) is 5.25 Å². The molecule has 1 atom stereocenters. The van der Waals surface area contributed by atoms with Crippen LogP contribution in [0.5, 0.6) is 5.75 Å². The van der Waals surface area contributed by atoms with Crippen LogP contribution < -0.4 is 9.46 Å². The number of benzene rings is 1. The van der Waals surface area contributed by atoms with Gasteiger partial charge < -0.3 is 9.15 Å². The lowest BCUT2D eigenvalue weighted by Gasteiger charge is -2.14. The van der Waals surface area contributed by atoms with E-state index in [4.69, 9.17) is 9.15 Å². The fourth-order valence-corrected chi connectivity index (χ4v) is 4.48. The van der Waals surface area contributed by atoms with E-state index in [1.54, 1.807) is 14.0 Å². The Morgan fingerprint density at radius 3 is 2.96 bits per heavy atom. The van der Waals surface area contributed by atoms with Gasteiger partial charge >= 0.3 is 0 Å². The topological polar surface area (TPSA) is 71.8 Å². The van der Waals surface area contributed by atoms with Crippen molar-refractivity contribution in [2.24, 2.45) is 0 Å². The van der Waals surface area contributed by atoms with Crippen molar-refractivity contribution in [3.8, 4) is 5.75 Å². The van der Waals surface area contributed by atoms with E-state index in [1.165, 1.54) is 0 Å². The van der Waals surface area contributed by atoms with Gasteiger partial charge in [0, 0.05) is 25.0 Å². The number of methoxy groups -OCH3 is 1. The van der Waals surface area contributed by atoms with Crippen LogP contribution in [0.1, 0.15) is 19.1 Å². The Morgan fingerprint density at radius 2 is 2.22 bits per heavy atom. The number of furan rings is 1. The van der Waals surface area contributed by atoms with Crippen LogP contribution >= 0.6 is 0 Å². The Kier molecular flexibility index (Phi) is 4.61. The summed E-state index contributed by atoms with van der Waals surface area (Å²) in [7, 11) is -1.57. The fraction of sp³-hybridized carbons (Fsp3) is 0.500. The van der Waals surface area contributed by atoms with Gasteiger partial charge in [-0.1, -0.05) is 6.92 Å². The van der Waals surface area contributed by atoms with Crippen molar-refractivity contribution in [3.05, 3.63) is 30.0 Å². The number of nitrogens with one attached hydrogen (secondary N) is 1. The number of likely N-dealkylation sites (tertiary alicyclic amines) is 1. The molecule has 1 aliphatic rings. The molecule has 0 spiro atoms. The fourth-order valence-electron chi connectivity index (χ4n) is 3.01. The standard InChI is InChI=1S/C16H22N2O4S/c1-3-17-23(19,20)15-6-7-18(11-15)10-14-9-12-8-13(21-2)4-5-16(12)22-14/h4-5,8-9,15,17H,3,6-7,10-11H2,1-2H3. The van der Waals surface area contributed by atoms with Crippen molar-refractivity contribution in [2.75, 3.05) is 26.7 Å². The van der Waals surface area contributed by atoms with Gasteiger partial charge in [-0.25, -0.2) is 13.1 Å². The van der Waals surface area contributed by atoms with Crippen LogP contribution in [0.2, 0.25) is 0 Å². The molecular weight excluding hydrogens is 316 g/mol. The first-order valence-corrected chi connectivity index (χ1v) is 9.33. The average molecular weight is 338 g/mol. The van der Waals surface area contributed by atoms with Gasteiger partial charge in [-0.2, -0.15) is 0 Å². The maximum Gasteiger partial charge on any atom is 0.215 e. The molecule has 1 aromatic carbocycles. The van der Waals surface area contributed by atoms with Crippen LogP contribution in [0.15, 0.2) is 28.7 Å². The largest absolute Gasteiger partial charge is 0.497 e. The van der Waals surface area contributed by atoms with E-state index in [2.05, 4.69) is 9.62 Å². The first-order valence-electron chi connectivity index (χ1n) is 7.79. The summed E-state index contributed by atoms with van der Waals surface area (Å²) in [4.78, 5) is 2.12. The van der Waals surface area contributed by atoms with Crippen LogP contribution in [-0.2, 0) is 16.6 Å². The molecule has 1 fully saturated rings. The Balaban J connectivity index is 1.69. The van der Waals surface area contributed by atoms with Gasteiger partial charge in [0.1, 0.15) is 17.1 Å². The lowest BCUT2D eigenvalue weighted by molar-refractivity contribution is 0.302. The SMILES string of the molecule is CCNS(=O)(=O)C1CCN(Cc2cc3cc(OC)ccc3o2)C1. The number of rotatable bonds is 6. The zero-order chi connectivity index (χ0) is 16.4. The van der Waals surface area contributed by atoms with E-state index in [0.717, 1.165) is 29.0 Å². The first kappa shape index (κ1) is 16.3. The maximum absolute atomic E-state index is 12.1. The van der Waals surface area contributed by atoms with E-state index >= 15 is 0 Å². The molecule has 0 radical (unpaired) electrons. The van der Waals surface area contributed by atoms with Crippen molar-refractivity contribution < 1.29 is 17.6 Å². The van der Waals surface area contributed by atoms with E-state index in [1.807, 2.05) is 24.3 Å². The molecule has 23 heavy (non-hydrogen) atoms. The molecule has 1 aromatic heterocycles. The highest BCUT2D eigenvalue weighted by Gasteiger charge is 2.32. The van der Waals surface area contributed by atoms with Crippen molar-refractivity contribution >= 4 is 21.0 Å². The van der Waals surface area contributed by atoms with E-state index in [0.29, 0.717) is 26.1 Å². The zero-order valence-corrected chi connectivity index (χ0v) is 14.2. The summed E-state index contributed by atoms with van der Waals surface area (Å²) in [5.41, 5.74) is 0.816. The Morgan fingerprint density at radius 1 is 1.39 bits per heavy atom. The third kappa shape index (κ3) is 3.52. The third-order valence-electron chi connectivity index (χ3n) is 4.17. The Labute approximate surface area is 136 Å². The van der Waals surface area contributed by atoms with E-state index < -0.39 is 10.0 Å². The number of fused-ring (bicyclic) bond motifs is 1. The highest BCUT2D eigenvalue weighted by atomic mass is 32.2. The number of hydrogen-bond donors (Lipinski definition) is 1. The van der Waals surface area contributed by atoms with Gasteiger partial charge in [0.15, 0.2) is 0 Å². The minimum atomic E-state index is -3.21. The Bertz CT molecular complexity index is 784. The third-order valence-corrected chi connectivity index (χ3v) is 6.12. The zero-order valence-electron chi connectivity index (χ0n) is 13.4. The predicted octanol–water partition coefficient (Wildman–Crippen LogP) is 1.95. The minimum absolute atomic E-state index is 0.341. The van der Waals surface area contributed by atoms with Crippen LogP contribution in [0, 0.1) is 0 Å². The normalized spacial score (nSPS) is 19.5. The highest BCUT2D eigenvalue weighted by Crippen LogP contribution is 2.26. The lowest BCUT2D eigenvalue weighted by atomic mass is 10.2. The second-order valence-corrected chi connectivity index (χ2v) is 7.85. The minimum Gasteiger partial charge on any atom is -0.497 e. The molecule has 7 heteroatoms.